The average molecular weight is 378 g/mol. The first kappa shape index (κ1) is 15.7. The lowest BCUT2D eigenvalue weighted by Crippen LogP contribution is -2.29. The molecule has 120 valence electrons. The van der Waals surface area contributed by atoms with Gasteiger partial charge in [-0.3, -0.25) is 14.3 Å². The van der Waals surface area contributed by atoms with E-state index in [0.29, 0.717) is 12.1 Å². The van der Waals surface area contributed by atoms with Crippen LogP contribution >= 0.6 is 15.9 Å². The number of carbonyl (C=O) groups is 2. The number of hydrogen-bond acceptors (Lipinski definition) is 3. The van der Waals surface area contributed by atoms with Gasteiger partial charge in [-0.25, -0.2) is 0 Å². The third kappa shape index (κ3) is 3.14. The fourth-order valence-corrected chi connectivity index (χ4v) is 3.25. The summed E-state index contributed by atoms with van der Waals surface area (Å²) < 4.78 is 2.50. The number of rotatable bonds is 3. The monoisotopic (exact) mass is 377 g/mol. The number of carbonyl (C=O) groups excluding carboxylic acids is 1. The van der Waals surface area contributed by atoms with Gasteiger partial charge >= 0.3 is 5.97 Å². The van der Waals surface area contributed by atoms with Gasteiger partial charge in [-0.05, 0) is 17.7 Å². The topological polar surface area (TPSA) is 75.4 Å². The predicted molar refractivity (Wildman–Crippen MR) is 87.1 cm³/mol. The molecular weight excluding hydrogens is 362 g/mol. The standard InChI is InChI=1S/C16H16BrN3O3/c1-19-7-11(6-18-19)15(21)20-8-13(14(9-20)16(22)23)10-2-4-12(17)5-3-10/h2-7,13-14H,8-9H2,1H3,(H,22,23)/t13-,14+/m1/s1. The molecule has 1 fully saturated rings. The highest BCUT2D eigenvalue weighted by molar-refractivity contribution is 9.10. The highest BCUT2D eigenvalue weighted by atomic mass is 79.9. The second-order valence-electron chi connectivity index (χ2n) is 5.72. The van der Waals surface area contributed by atoms with Crippen LogP contribution in [0.5, 0.6) is 0 Å². The normalized spacial score (nSPS) is 20.7. The van der Waals surface area contributed by atoms with E-state index in [1.54, 1.807) is 22.8 Å². The van der Waals surface area contributed by atoms with Gasteiger partial charge in [0.2, 0.25) is 0 Å². The Hall–Kier alpha value is -2.15. The van der Waals surface area contributed by atoms with Crippen LogP contribution in [0.2, 0.25) is 0 Å². The molecular formula is C16H16BrN3O3. The second kappa shape index (κ2) is 6.16. The average Bonchev–Trinajstić information content (AvgIpc) is 3.14. The summed E-state index contributed by atoms with van der Waals surface area (Å²) >= 11 is 3.38. The number of benzene rings is 1. The van der Waals surface area contributed by atoms with Gasteiger partial charge in [-0.2, -0.15) is 5.10 Å². The van der Waals surface area contributed by atoms with Gasteiger partial charge in [0.25, 0.3) is 5.91 Å². The lowest BCUT2D eigenvalue weighted by molar-refractivity contribution is -0.141. The first-order valence-corrected chi connectivity index (χ1v) is 8.01. The molecule has 0 unspecified atom stereocenters. The molecule has 1 aliphatic heterocycles. The minimum atomic E-state index is -0.876. The number of likely N-dealkylation sites (tertiary alicyclic amines) is 1. The van der Waals surface area contributed by atoms with Crippen LogP contribution < -0.4 is 0 Å². The molecule has 0 spiro atoms. The molecule has 6 nitrogen and oxygen atoms in total. The summed E-state index contributed by atoms with van der Waals surface area (Å²) in [5.74, 6) is -1.86. The molecule has 2 atom stereocenters. The van der Waals surface area contributed by atoms with Crippen LogP contribution in [0.4, 0.5) is 0 Å². The molecule has 23 heavy (non-hydrogen) atoms. The van der Waals surface area contributed by atoms with Crippen molar-refractivity contribution in [1.29, 1.82) is 0 Å². The maximum Gasteiger partial charge on any atom is 0.308 e. The van der Waals surface area contributed by atoms with E-state index in [-0.39, 0.29) is 18.4 Å². The Morgan fingerprint density at radius 1 is 1.26 bits per heavy atom. The van der Waals surface area contributed by atoms with E-state index in [0.717, 1.165) is 10.0 Å². The molecule has 1 aromatic carbocycles. The molecule has 0 bridgehead atoms. The van der Waals surface area contributed by atoms with Crippen molar-refractivity contribution < 1.29 is 14.7 Å². The zero-order valence-corrected chi connectivity index (χ0v) is 14.1. The van der Waals surface area contributed by atoms with E-state index >= 15 is 0 Å². The number of halogens is 1. The van der Waals surface area contributed by atoms with E-state index in [1.165, 1.54) is 6.20 Å². The molecule has 0 radical (unpaired) electrons. The van der Waals surface area contributed by atoms with Crippen molar-refractivity contribution in [3.8, 4) is 0 Å². The summed E-state index contributed by atoms with van der Waals surface area (Å²) in [6.45, 7) is 0.607. The largest absolute Gasteiger partial charge is 0.481 e. The first-order valence-electron chi connectivity index (χ1n) is 7.22. The lowest BCUT2D eigenvalue weighted by Gasteiger charge is -2.16. The molecule has 1 aromatic heterocycles. The lowest BCUT2D eigenvalue weighted by atomic mass is 9.89. The summed E-state index contributed by atoms with van der Waals surface area (Å²) in [7, 11) is 1.74. The summed E-state index contributed by atoms with van der Waals surface area (Å²) in [4.78, 5) is 25.7. The number of carboxylic acid groups (broad SMARTS) is 1. The summed E-state index contributed by atoms with van der Waals surface area (Å²) in [5, 5.41) is 13.5. The Balaban J connectivity index is 1.85. The summed E-state index contributed by atoms with van der Waals surface area (Å²) in [6.07, 6.45) is 3.15. The van der Waals surface area contributed by atoms with Gasteiger partial charge in [-0.1, -0.05) is 28.1 Å². The van der Waals surface area contributed by atoms with Crippen LogP contribution in [0.1, 0.15) is 21.8 Å². The number of hydrogen-bond donors (Lipinski definition) is 1. The molecule has 1 N–H and O–H groups in total. The third-order valence-electron chi connectivity index (χ3n) is 4.17. The molecule has 1 amide bonds. The third-order valence-corrected chi connectivity index (χ3v) is 4.70. The van der Waals surface area contributed by atoms with Gasteiger partial charge in [-0.15, -0.1) is 0 Å². The van der Waals surface area contributed by atoms with Gasteiger partial charge in [0, 0.05) is 36.7 Å². The van der Waals surface area contributed by atoms with Gasteiger partial charge in [0.1, 0.15) is 0 Å². The van der Waals surface area contributed by atoms with Crippen LogP contribution in [0.25, 0.3) is 0 Å². The SMILES string of the molecule is Cn1cc(C(=O)N2C[C@H](C(=O)O)[C@@H](c3ccc(Br)cc3)C2)cn1. The highest BCUT2D eigenvalue weighted by Gasteiger charge is 2.40. The van der Waals surface area contributed by atoms with Crippen LogP contribution in [0.3, 0.4) is 0 Å². The molecule has 2 heterocycles. The van der Waals surface area contributed by atoms with Crippen molar-refractivity contribution in [3.05, 3.63) is 52.3 Å². The Morgan fingerprint density at radius 3 is 2.52 bits per heavy atom. The Kier molecular flexibility index (Phi) is 4.21. The minimum Gasteiger partial charge on any atom is -0.481 e. The van der Waals surface area contributed by atoms with Crippen molar-refractivity contribution in [3.63, 3.8) is 0 Å². The van der Waals surface area contributed by atoms with E-state index in [9.17, 15) is 14.7 Å². The highest BCUT2D eigenvalue weighted by Crippen LogP contribution is 2.34. The maximum absolute atomic E-state index is 12.5. The van der Waals surface area contributed by atoms with E-state index in [1.807, 2.05) is 24.3 Å². The Labute approximate surface area is 141 Å². The van der Waals surface area contributed by atoms with Gasteiger partial charge in [0.15, 0.2) is 0 Å². The molecule has 1 saturated heterocycles. The van der Waals surface area contributed by atoms with Crippen molar-refractivity contribution in [2.45, 2.75) is 5.92 Å². The fourth-order valence-electron chi connectivity index (χ4n) is 2.98. The second-order valence-corrected chi connectivity index (χ2v) is 6.63. The smallest absolute Gasteiger partial charge is 0.308 e. The molecule has 3 rings (SSSR count). The quantitative estimate of drug-likeness (QED) is 0.888. The summed E-state index contributed by atoms with van der Waals surface area (Å²) in [5.41, 5.74) is 1.41. The van der Waals surface area contributed by atoms with E-state index in [4.69, 9.17) is 0 Å². The summed E-state index contributed by atoms with van der Waals surface area (Å²) in [6, 6.07) is 7.59. The van der Waals surface area contributed by atoms with Crippen LogP contribution in [0, 0.1) is 5.92 Å². The van der Waals surface area contributed by atoms with Gasteiger partial charge in [0.05, 0.1) is 17.7 Å². The molecule has 0 aliphatic carbocycles. The first-order chi connectivity index (χ1) is 11.0. The number of nitrogens with zero attached hydrogens (tertiary/aromatic N) is 3. The van der Waals surface area contributed by atoms with Gasteiger partial charge < -0.3 is 10.0 Å². The van der Waals surface area contributed by atoms with Crippen LogP contribution in [-0.2, 0) is 11.8 Å². The fraction of sp³-hybridized carbons (Fsp3) is 0.312. The Bertz CT molecular complexity index is 741. The molecule has 7 heteroatoms. The van der Waals surface area contributed by atoms with E-state index in [2.05, 4.69) is 21.0 Å². The number of carboxylic acids is 1. The maximum atomic E-state index is 12.5. The van der Waals surface area contributed by atoms with Crippen molar-refractivity contribution in [2.75, 3.05) is 13.1 Å². The number of aliphatic carboxylic acids is 1. The number of aryl methyl sites for hydroxylation is 1. The zero-order valence-electron chi connectivity index (χ0n) is 12.5. The van der Waals surface area contributed by atoms with Crippen molar-refractivity contribution in [1.82, 2.24) is 14.7 Å². The van der Waals surface area contributed by atoms with Crippen molar-refractivity contribution in [2.24, 2.45) is 13.0 Å². The van der Waals surface area contributed by atoms with Crippen molar-refractivity contribution >= 4 is 27.8 Å². The van der Waals surface area contributed by atoms with Crippen LogP contribution in [-0.4, -0.2) is 44.8 Å². The minimum absolute atomic E-state index is 0.177. The van der Waals surface area contributed by atoms with Crippen LogP contribution in [0.15, 0.2) is 41.1 Å². The zero-order chi connectivity index (χ0) is 16.6. The van der Waals surface area contributed by atoms with E-state index < -0.39 is 11.9 Å². The molecule has 1 aliphatic rings. The predicted octanol–water partition coefficient (Wildman–Crippen LogP) is 2.12. The Morgan fingerprint density at radius 2 is 1.96 bits per heavy atom. The number of aromatic nitrogens is 2. The molecule has 0 saturated carbocycles. The molecule has 2 aromatic rings. The number of amides is 1.